The van der Waals surface area contributed by atoms with Crippen LogP contribution in [0.25, 0.3) is 0 Å². The molecule has 0 aliphatic carbocycles. The van der Waals surface area contributed by atoms with Crippen molar-refractivity contribution in [3.8, 4) is 0 Å². The second kappa shape index (κ2) is 16.8. The minimum Gasteiger partial charge on any atom is -0.545 e. The summed E-state index contributed by atoms with van der Waals surface area (Å²) in [5, 5.41) is 37.6. The van der Waals surface area contributed by atoms with E-state index >= 15 is 0 Å². The Morgan fingerprint density at radius 2 is 1.57 bits per heavy atom. The Hall–Kier alpha value is 1.31. The molecule has 2 unspecified atom stereocenters. The molecule has 0 saturated carbocycles. The Labute approximate surface area is 220 Å². The van der Waals surface area contributed by atoms with E-state index in [0.29, 0.717) is 6.61 Å². The Balaban J connectivity index is -0.000000332. The largest absolute Gasteiger partial charge is 1.00 e. The van der Waals surface area contributed by atoms with E-state index in [4.69, 9.17) is 14.9 Å². The molecule has 0 saturated heterocycles. The van der Waals surface area contributed by atoms with Gasteiger partial charge in [0.1, 0.15) is 0 Å². The number of aliphatic hydroxyl groups is 2. The van der Waals surface area contributed by atoms with Gasteiger partial charge in [0.25, 0.3) is 0 Å². The average molecular weight is 376 g/mol. The van der Waals surface area contributed by atoms with Gasteiger partial charge < -0.3 is 34.8 Å². The van der Waals surface area contributed by atoms with Crippen LogP contribution in [0.5, 0.6) is 0 Å². The monoisotopic (exact) mass is 376 g/mol. The van der Waals surface area contributed by atoms with Crippen LogP contribution in [0.4, 0.5) is 0 Å². The fourth-order valence-corrected chi connectivity index (χ4v) is 1.13. The number of rotatable bonds is 6. The predicted octanol–water partition coefficient (Wildman–Crippen LogP) is -7.81. The fraction of sp³-hybridized carbons (Fsp3) is 0.429. The molecule has 2 atom stereocenters. The van der Waals surface area contributed by atoms with Gasteiger partial charge in [-0.3, -0.25) is 0 Å². The van der Waals surface area contributed by atoms with Gasteiger partial charge in [0, 0.05) is 0 Å². The summed E-state index contributed by atoms with van der Waals surface area (Å²) in [6.07, 6.45) is -0.612. The first-order chi connectivity index (χ1) is 9.77. The van der Waals surface area contributed by atoms with Crippen molar-refractivity contribution in [3.63, 3.8) is 0 Å². The maximum atomic E-state index is 10.3. The minimum atomic E-state index is -1.40. The van der Waals surface area contributed by atoms with Gasteiger partial charge in [-0.25, -0.2) is 0 Å². The Morgan fingerprint density at radius 1 is 1.13 bits per heavy atom. The molecule has 0 fully saturated rings. The molecule has 0 aliphatic rings. The molecule has 0 aliphatic heterocycles. The molecular weight excluding hydrogens is 358 g/mol. The molecule has 2 N–H and O–H groups in total. The van der Waals surface area contributed by atoms with Crippen molar-refractivity contribution in [2.24, 2.45) is 0 Å². The van der Waals surface area contributed by atoms with Crippen LogP contribution < -0.4 is 113 Å². The van der Waals surface area contributed by atoms with Crippen LogP contribution in [0, 0.1) is 0 Å². The molecule has 0 bridgehead atoms. The molecule has 1 aromatic carbocycles. The van der Waals surface area contributed by atoms with E-state index in [9.17, 15) is 19.8 Å². The summed E-state index contributed by atoms with van der Waals surface area (Å²) in [5.41, 5.74) is -0.339. The molecule has 9 heteroatoms. The fourth-order valence-electron chi connectivity index (χ4n) is 1.13. The quantitative estimate of drug-likeness (QED) is 0.472. The van der Waals surface area contributed by atoms with Crippen molar-refractivity contribution in [2.45, 2.75) is 26.1 Å². The first-order valence-electron chi connectivity index (χ1n) is 6.21. The van der Waals surface area contributed by atoms with Gasteiger partial charge in [0.05, 0.1) is 37.4 Å². The summed E-state index contributed by atoms with van der Waals surface area (Å²) >= 11 is 0. The molecule has 0 amide bonds. The van der Waals surface area contributed by atoms with E-state index in [1.807, 2.05) is 0 Å². The predicted molar refractivity (Wildman–Crippen MR) is 69.3 cm³/mol. The standard InChI is InChI=1S/C8H6O4.C6H14O3.2K/c9-7(10)5-2-1-3-6(4-5)8(11)12;1-5(8)4-9-6(2)3-7;;/h1-4H,(H,9,10)(H,11,12);5-8H,3-4H2,1-2H3;;/q;;2*+1/p-2. The summed E-state index contributed by atoms with van der Waals surface area (Å²) in [5.74, 6) is -2.81. The number of aromatic carboxylic acids is 2. The zero-order chi connectivity index (χ0) is 16.4. The van der Waals surface area contributed by atoms with Gasteiger partial charge in [-0.2, -0.15) is 0 Å². The first-order valence-corrected chi connectivity index (χ1v) is 6.21. The molecule has 0 radical (unpaired) electrons. The Bertz CT molecular complexity index is 437. The second-order valence-corrected chi connectivity index (χ2v) is 4.33. The summed E-state index contributed by atoms with van der Waals surface area (Å²) in [6, 6.07) is 4.81. The molecule has 0 heterocycles. The van der Waals surface area contributed by atoms with E-state index < -0.39 is 18.0 Å². The number of carbonyl (C=O) groups is 2. The van der Waals surface area contributed by atoms with Crippen LogP contribution in [0.1, 0.15) is 34.6 Å². The van der Waals surface area contributed by atoms with Crippen LogP contribution in [-0.2, 0) is 4.74 Å². The van der Waals surface area contributed by atoms with E-state index in [-0.39, 0.29) is 127 Å². The summed E-state index contributed by atoms with van der Waals surface area (Å²) in [6.45, 7) is 3.70. The second-order valence-electron chi connectivity index (χ2n) is 4.33. The average Bonchev–Trinajstić information content (AvgIpc) is 2.45. The smallest absolute Gasteiger partial charge is 0.545 e. The van der Waals surface area contributed by atoms with E-state index in [1.165, 1.54) is 18.2 Å². The number of hydrogen-bond acceptors (Lipinski definition) is 7. The van der Waals surface area contributed by atoms with Crippen LogP contribution in [0.15, 0.2) is 24.3 Å². The number of aliphatic hydroxyl groups excluding tert-OH is 2. The van der Waals surface area contributed by atoms with E-state index in [1.54, 1.807) is 13.8 Å². The third-order valence-corrected chi connectivity index (χ3v) is 2.21. The number of ether oxygens (including phenoxy) is 1. The topological polar surface area (TPSA) is 130 Å². The van der Waals surface area contributed by atoms with Gasteiger partial charge in [-0.15, -0.1) is 0 Å². The number of carbonyl (C=O) groups excluding carboxylic acids is 2. The van der Waals surface area contributed by atoms with Gasteiger partial charge in [0.15, 0.2) is 0 Å². The number of carboxylic acid groups (broad SMARTS) is 2. The van der Waals surface area contributed by atoms with Crippen molar-refractivity contribution in [3.05, 3.63) is 35.4 Å². The molecule has 7 nitrogen and oxygen atoms in total. The Kier molecular flexibility index (Phi) is 21.2. The first kappa shape index (κ1) is 29.1. The summed E-state index contributed by atoms with van der Waals surface area (Å²) < 4.78 is 4.95. The Morgan fingerprint density at radius 3 is 1.87 bits per heavy atom. The molecule has 0 aromatic heterocycles. The van der Waals surface area contributed by atoms with Gasteiger partial charge in [-0.05, 0) is 31.0 Å². The number of carboxylic acids is 2. The van der Waals surface area contributed by atoms with Crippen molar-refractivity contribution in [1.29, 1.82) is 0 Å². The molecule has 23 heavy (non-hydrogen) atoms. The summed E-state index contributed by atoms with van der Waals surface area (Å²) in [4.78, 5) is 20.5. The van der Waals surface area contributed by atoms with Crippen molar-refractivity contribution >= 4 is 11.9 Å². The molecule has 118 valence electrons. The van der Waals surface area contributed by atoms with Crippen LogP contribution in [-0.4, -0.2) is 47.6 Å². The van der Waals surface area contributed by atoms with Gasteiger partial charge in [0.2, 0.25) is 0 Å². The van der Waals surface area contributed by atoms with Crippen molar-refractivity contribution in [1.82, 2.24) is 0 Å². The SMILES string of the molecule is CC(O)COC(C)CO.O=C([O-])c1cccc(C(=O)[O-])c1.[K+].[K+]. The molecule has 1 aromatic rings. The summed E-state index contributed by atoms with van der Waals surface area (Å²) in [7, 11) is 0. The van der Waals surface area contributed by atoms with Crippen LogP contribution in [0.2, 0.25) is 0 Å². The van der Waals surface area contributed by atoms with Gasteiger partial charge in [-0.1, -0.05) is 18.2 Å². The zero-order valence-electron chi connectivity index (χ0n) is 13.8. The molecular formula is C14H18K2O7. The zero-order valence-corrected chi connectivity index (χ0v) is 20.1. The van der Waals surface area contributed by atoms with E-state index in [0.717, 1.165) is 6.07 Å². The minimum absolute atomic E-state index is 0. The van der Waals surface area contributed by atoms with Crippen molar-refractivity contribution in [2.75, 3.05) is 13.2 Å². The van der Waals surface area contributed by atoms with E-state index in [2.05, 4.69) is 0 Å². The molecule has 0 spiro atoms. The van der Waals surface area contributed by atoms with Crippen LogP contribution in [0.3, 0.4) is 0 Å². The maximum absolute atomic E-state index is 10.3. The van der Waals surface area contributed by atoms with Crippen molar-refractivity contribution < 1.29 is 138 Å². The third-order valence-electron chi connectivity index (χ3n) is 2.21. The number of benzene rings is 1. The number of hydrogen-bond donors (Lipinski definition) is 2. The van der Waals surface area contributed by atoms with Crippen LogP contribution >= 0.6 is 0 Å². The maximum Gasteiger partial charge on any atom is 1.00 e. The normalized spacial score (nSPS) is 11.7. The molecule has 1 rings (SSSR count). The van der Waals surface area contributed by atoms with Gasteiger partial charge >= 0.3 is 103 Å². The third kappa shape index (κ3) is 15.3.